The number of halogens is 1. The number of carbonyl (C=O) groups excluding carboxylic acids is 1. The Labute approximate surface area is 102 Å². The Morgan fingerprint density at radius 3 is 2.94 bits per heavy atom. The molecule has 92 valence electrons. The Morgan fingerprint density at radius 2 is 2.38 bits per heavy atom. The third-order valence-corrected chi connectivity index (χ3v) is 4.60. The van der Waals surface area contributed by atoms with Crippen LogP contribution in [0.5, 0.6) is 0 Å². The van der Waals surface area contributed by atoms with Crippen molar-refractivity contribution in [2.45, 2.75) is 38.6 Å². The van der Waals surface area contributed by atoms with Gasteiger partial charge < -0.3 is 10.6 Å². The number of hydrogen-bond acceptors (Lipinski definition) is 2. The second-order valence-corrected chi connectivity index (χ2v) is 5.87. The lowest BCUT2D eigenvalue weighted by Gasteiger charge is -2.25. The number of carbonyl (C=O) groups is 1. The highest BCUT2D eigenvalue weighted by atomic mass is 35.5. The van der Waals surface area contributed by atoms with E-state index in [1.54, 1.807) is 6.92 Å². The van der Waals surface area contributed by atoms with Gasteiger partial charge in [-0.2, -0.15) is 0 Å². The third-order valence-electron chi connectivity index (χ3n) is 4.16. The summed E-state index contributed by atoms with van der Waals surface area (Å²) in [5, 5.41) is 0. The van der Waals surface area contributed by atoms with Gasteiger partial charge >= 0.3 is 0 Å². The van der Waals surface area contributed by atoms with Crippen LogP contribution in [0.4, 0.5) is 0 Å². The first-order valence-electron chi connectivity index (χ1n) is 6.17. The van der Waals surface area contributed by atoms with Crippen LogP contribution in [0.25, 0.3) is 0 Å². The van der Waals surface area contributed by atoms with Crippen molar-refractivity contribution in [2.75, 3.05) is 19.0 Å². The summed E-state index contributed by atoms with van der Waals surface area (Å²) in [6, 6.07) is -0.361. The van der Waals surface area contributed by atoms with Crippen molar-refractivity contribution < 1.29 is 4.79 Å². The molecule has 1 saturated carbocycles. The molecular weight excluding hydrogens is 224 g/mol. The highest BCUT2D eigenvalue weighted by molar-refractivity contribution is 6.18. The summed E-state index contributed by atoms with van der Waals surface area (Å²) in [5.41, 5.74) is 6.01. The van der Waals surface area contributed by atoms with Crippen LogP contribution in [0.3, 0.4) is 0 Å². The standard InChI is InChI=1S/C12H21ClN2O/c1-9(14)11(16)15-5-4-12(8-15)3-2-10(6-12)7-13/h9-10H,2-8,14H2,1H3/t9-,10-,12-/m1/s1. The van der Waals surface area contributed by atoms with Crippen LogP contribution < -0.4 is 5.73 Å². The van der Waals surface area contributed by atoms with E-state index in [0.717, 1.165) is 25.4 Å². The van der Waals surface area contributed by atoms with E-state index >= 15 is 0 Å². The van der Waals surface area contributed by atoms with Gasteiger partial charge in [0.05, 0.1) is 6.04 Å². The molecule has 1 aliphatic heterocycles. The van der Waals surface area contributed by atoms with E-state index in [1.165, 1.54) is 19.3 Å². The van der Waals surface area contributed by atoms with Gasteiger partial charge in [0.1, 0.15) is 0 Å². The first kappa shape index (κ1) is 12.2. The average Bonchev–Trinajstić information content (AvgIpc) is 2.85. The molecule has 3 atom stereocenters. The molecule has 1 spiro atoms. The fraction of sp³-hybridized carbons (Fsp3) is 0.917. The maximum absolute atomic E-state index is 11.8. The van der Waals surface area contributed by atoms with Crippen molar-refractivity contribution in [3.05, 3.63) is 0 Å². The van der Waals surface area contributed by atoms with Crippen molar-refractivity contribution in [3.63, 3.8) is 0 Å². The van der Waals surface area contributed by atoms with E-state index in [0.29, 0.717) is 11.3 Å². The molecule has 16 heavy (non-hydrogen) atoms. The molecule has 2 aliphatic rings. The highest BCUT2D eigenvalue weighted by Crippen LogP contribution is 2.48. The summed E-state index contributed by atoms with van der Waals surface area (Å²) in [7, 11) is 0. The minimum atomic E-state index is -0.361. The molecule has 1 saturated heterocycles. The van der Waals surface area contributed by atoms with Crippen molar-refractivity contribution >= 4 is 17.5 Å². The lowest BCUT2D eigenvalue weighted by Crippen LogP contribution is -2.41. The predicted octanol–water partition coefficient (Wildman–Crippen LogP) is 1.59. The Kier molecular flexibility index (Phi) is 3.45. The molecule has 3 nitrogen and oxygen atoms in total. The third kappa shape index (κ3) is 2.21. The number of rotatable bonds is 2. The second-order valence-electron chi connectivity index (χ2n) is 5.56. The minimum Gasteiger partial charge on any atom is -0.341 e. The van der Waals surface area contributed by atoms with E-state index < -0.39 is 0 Å². The van der Waals surface area contributed by atoms with Gasteiger partial charge in [-0.25, -0.2) is 0 Å². The quantitative estimate of drug-likeness (QED) is 0.750. The van der Waals surface area contributed by atoms with Gasteiger partial charge in [-0.3, -0.25) is 4.79 Å². The van der Waals surface area contributed by atoms with E-state index in [4.69, 9.17) is 17.3 Å². The van der Waals surface area contributed by atoms with Gasteiger partial charge in [0.25, 0.3) is 0 Å². The number of hydrogen-bond donors (Lipinski definition) is 1. The van der Waals surface area contributed by atoms with Crippen LogP contribution in [0.15, 0.2) is 0 Å². The first-order valence-corrected chi connectivity index (χ1v) is 6.70. The first-order chi connectivity index (χ1) is 7.56. The molecule has 0 aromatic carbocycles. The maximum Gasteiger partial charge on any atom is 0.239 e. The number of nitrogens with two attached hydrogens (primary N) is 1. The largest absolute Gasteiger partial charge is 0.341 e. The van der Waals surface area contributed by atoms with Gasteiger partial charge in [-0.1, -0.05) is 0 Å². The van der Waals surface area contributed by atoms with Crippen molar-refractivity contribution in [1.29, 1.82) is 0 Å². The predicted molar refractivity (Wildman–Crippen MR) is 65.3 cm³/mol. The number of amides is 1. The van der Waals surface area contributed by atoms with Crippen molar-refractivity contribution in [3.8, 4) is 0 Å². The molecule has 2 N–H and O–H groups in total. The van der Waals surface area contributed by atoms with Gasteiger partial charge in [0, 0.05) is 19.0 Å². The molecule has 1 aliphatic carbocycles. The molecule has 2 rings (SSSR count). The smallest absolute Gasteiger partial charge is 0.239 e. The fourth-order valence-corrected chi connectivity index (χ4v) is 3.50. The molecule has 2 fully saturated rings. The number of nitrogens with zero attached hydrogens (tertiary/aromatic N) is 1. The van der Waals surface area contributed by atoms with Crippen LogP contribution in [-0.2, 0) is 4.79 Å². The van der Waals surface area contributed by atoms with Gasteiger partial charge in [-0.05, 0) is 43.9 Å². The average molecular weight is 245 g/mol. The number of likely N-dealkylation sites (tertiary alicyclic amines) is 1. The van der Waals surface area contributed by atoms with E-state index in [-0.39, 0.29) is 11.9 Å². The molecular formula is C12H21ClN2O. The maximum atomic E-state index is 11.8. The van der Waals surface area contributed by atoms with E-state index in [1.807, 2.05) is 4.90 Å². The van der Waals surface area contributed by atoms with Crippen LogP contribution in [0.1, 0.15) is 32.6 Å². The summed E-state index contributed by atoms with van der Waals surface area (Å²) in [5.74, 6) is 1.53. The zero-order valence-electron chi connectivity index (χ0n) is 9.92. The molecule has 1 amide bonds. The molecule has 0 aromatic heterocycles. The fourth-order valence-electron chi connectivity index (χ4n) is 3.24. The van der Waals surface area contributed by atoms with E-state index in [2.05, 4.69) is 0 Å². The second kappa shape index (κ2) is 4.53. The lowest BCUT2D eigenvalue weighted by molar-refractivity contribution is -0.131. The van der Waals surface area contributed by atoms with Crippen LogP contribution >= 0.6 is 11.6 Å². The van der Waals surface area contributed by atoms with Crippen LogP contribution in [-0.4, -0.2) is 35.8 Å². The summed E-state index contributed by atoms with van der Waals surface area (Å²) >= 11 is 5.92. The summed E-state index contributed by atoms with van der Waals surface area (Å²) < 4.78 is 0. The lowest BCUT2D eigenvalue weighted by atomic mass is 9.85. The molecule has 4 heteroatoms. The van der Waals surface area contributed by atoms with Gasteiger partial charge in [0.15, 0.2) is 0 Å². The summed E-state index contributed by atoms with van der Waals surface area (Å²) in [6.45, 7) is 3.56. The molecule has 0 bridgehead atoms. The van der Waals surface area contributed by atoms with Crippen LogP contribution in [0.2, 0.25) is 0 Å². The Morgan fingerprint density at radius 1 is 1.62 bits per heavy atom. The Hall–Kier alpha value is -0.280. The van der Waals surface area contributed by atoms with Crippen molar-refractivity contribution in [2.24, 2.45) is 17.1 Å². The Balaban J connectivity index is 1.95. The normalized spacial score (nSPS) is 35.9. The minimum absolute atomic E-state index is 0.103. The van der Waals surface area contributed by atoms with E-state index in [9.17, 15) is 4.79 Å². The zero-order valence-corrected chi connectivity index (χ0v) is 10.7. The highest BCUT2D eigenvalue weighted by Gasteiger charge is 2.45. The molecule has 0 unspecified atom stereocenters. The topological polar surface area (TPSA) is 46.3 Å². The van der Waals surface area contributed by atoms with Crippen molar-refractivity contribution in [1.82, 2.24) is 4.90 Å². The molecule has 0 radical (unpaired) electrons. The number of alkyl halides is 1. The summed E-state index contributed by atoms with van der Waals surface area (Å²) in [4.78, 5) is 13.8. The SMILES string of the molecule is C[C@@H](N)C(=O)N1CC[C@@]2(CC[C@@H](CCl)C2)C1. The summed E-state index contributed by atoms with van der Waals surface area (Å²) in [6.07, 6.45) is 4.79. The van der Waals surface area contributed by atoms with Gasteiger partial charge in [-0.15, -0.1) is 11.6 Å². The van der Waals surface area contributed by atoms with Crippen LogP contribution in [0, 0.1) is 11.3 Å². The zero-order chi connectivity index (χ0) is 11.8. The molecule has 1 heterocycles. The molecule has 0 aromatic rings. The van der Waals surface area contributed by atoms with Gasteiger partial charge in [0.2, 0.25) is 5.91 Å². The monoisotopic (exact) mass is 244 g/mol. The Bertz CT molecular complexity index is 282.